The van der Waals surface area contributed by atoms with E-state index in [1.165, 1.54) is 0 Å². The molecule has 0 saturated heterocycles. The molecule has 0 spiro atoms. The monoisotopic (exact) mass is 256 g/mol. The van der Waals surface area contributed by atoms with E-state index in [9.17, 15) is 9.59 Å². The molecule has 5 nitrogen and oxygen atoms in total. The fourth-order valence-corrected chi connectivity index (χ4v) is 2.54. The van der Waals surface area contributed by atoms with Crippen molar-refractivity contribution in [1.29, 1.82) is 0 Å². The van der Waals surface area contributed by atoms with Gasteiger partial charge in [0.2, 0.25) is 5.91 Å². The fourth-order valence-electron chi connectivity index (χ4n) is 2.54. The lowest BCUT2D eigenvalue weighted by Gasteiger charge is -2.31. The Morgan fingerprint density at radius 3 is 2.39 bits per heavy atom. The molecular weight excluding hydrogens is 232 g/mol. The standard InChI is InChI=1S/C13H24N2O3/c1-3-9(2)11(14)12(18)15-13(8-10(16)17)6-4-5-7-13/h9,11H,3-8,14H2,1-2H3,(H,15,18)(H,16,17)/t9-,11-/m0/s1. The summed E-state index contributed by atoms with van der Waals surface area (Å²) < 4.78 is 0. The Labute approximate surface area is 108 Å². The molecule has 18 heavy (non-hydrogen) atoms. The van der Waals surface area contributed by atoms with Crippen LogP contribution in [0.2, 0.25) is 0 Å². The third kappa shape index (κ3) is 3.70. The highest BCUT2D eigenvalue weighted by Crippen LogP contribution is 2.32. The minimum absolute atomic E-state index is 0.00797. The second kappa shape index (κ2) is 6.18. The van der Waals surface area contributed by atoms with Gasteiger partial charge in [-0.2, -0.15) is 0 Å². The van der Waals surface area contributed by atoms with Crippen LogP contribution >= 0.6 is 0 Å². The maximum absolute atomic E-state index is 12.1. The Balaban J connectivity index is 2.66. The topological polar surface area (TPSA) is 92.4 Å². The summed E-state index contributed by atoms with van der Waals surface area (Å²) in [4.78, 5) is 23.0. The molecule has 0 bridgehead atoms. The van der Waals surface area contributed by atoms with Crippen LogP contribution in [0, 0.1) is 5.92 Å². The van der Waals surface area contributed by atoms with Crippen LogP contribution < -0.4 is 11.1 Å². The van der Waals surface area contributed by atoms with E-state index in [-0.39, 0.29) is 18.2 Å². The lowest BCUT2D eigenvalue weighted by molar-refractivity contribution is -0.139. The molecule has 0 radical (unpaired) electrons. The van der Waals surface area contributed by atoms with E-state index < -0.39 is 17.6 Å². The van der Waals surface area contributed by atoms with Crippen molar-refractivity contribution in [2.45, 2.75) is 64.0 Å². The van der Waals surface area contributed by atoms with E-state index in [1.807, 2.05) is 13.8 Å². The van der Waals surface area contributed by atoms with E-state index in [0.29, 0.717) is 0 Å². The van der Waals surface area contributed by atoms with Crippen molar-refractivity contribution in [2.75, 3.05) is 0 Å². The lowest BCUT2D eigenvalue weighted by Crippen LogP contribution is -2.54. The number of rotatable bonds is 6. The molecule has 1 fully saturated rings. The van der Waals surface area contributed by atoms with E-state index >= 15 is 0 Å². The zero-order valence-corrected chi connectivity index (χ0v) is 11.2. The number of nitrogens with two attached hydrogens (primary N) is 1. The predicted octanol–water partition coefficient (Wildman–Crippen LogP) is 1.26. The average molecular weight is 256 g/mol. The molecule has 1 amide bonds. The van der Waals surface area contributed by atoms with Crippen molar-refractivity contribution in [2.24, 2.45) is 11.7 Å². The van der Waals surface area contributed by atoms with Crippen LogP contribution in [0.3, 0.4) is 0 Å². The van der Waals surface area contributed by atoms with Gasteiger partial charge in [0, 0.05) is 0 Å². The molecule has 1 aliphatic carbocycles. The molecule has 4 N–H and O–H groups in total. The van der Waals surface area contributed by atoms with Crippen molar-refractivity contribution >= 4 is 11.9 Å². The second-order valence-electron chi connectivity index (χ2n) is 5.46. The van der Waals surface area contributed by atoms with Gasteiger partial charge in [0.25, 0.3) is 0 Å². The summed E-state index contributed by atoms with van der Waals surface area (Å²) in [7, 11) is 0. The van der Waals surface area contributed by atoms with Gasteiger partial charge in [0.15, 0.2) is 0 Å². The molecule has 0 unspecified atom stereocenters. The minimum atomic E-state index is -0.866. The Morgan fingerprint density at radius 2 is 1.94 bits per heavy atom. The van der Waals surface area contributed by atoms with Gasteiger partial charge in [0.05, 0.1) is 18.0 Å². The molecule has 0 aromatic carbocycles. The van der Waals surface area contributed by atoms with Crippen LogP contribution in [0.4, 0.5) is 0 Å². The van der Waals surface area contributed by atoms with Gasteiger partial charge in [-0.3, -0.25) is 9.59 Å². The first-order valence-corrected chi connectivity index (χ1v) is 6.69. The van der Waals surface area contributed by atoms with Crippen LogP contribution in [-0.2, 0) is 9.59 Å². The molecule has 1 rings (SSSR count). The molecule has 2 atom stereocenters. The number of hydrogen-bond acceptors (Lipinski definition) is 3. The zero-order chi connectivity index (χ0) is 13.8. The largest absolute Gasteiger partial charge is 0.481 e. The number of nitrogens with one attached hydrogen (secondary N) is 1. The van der Waals surface area contributed by atoms with Crippen molar-refractivity contribution in [3.05, 3.63) is 0 Å². The van der Waals surface area contributed by atoms with Gasteiger partial charge in [-0.25, -0.2) is 0 Å². The van der Waals surface area contributed by atoms with Crippen LogP contribution in [0.1, 0.15) is 52.4 Å². The van der Waals surface area contributed by atoms with Gasteiger partial charge in [-0.05, 0) is 18.8 Å². The number of amides is 1. The summed E-state index contributed by atoms with van der Waals surface area (Å²) in [6, 6.07) is -0.554. The van der Waals surface area contributed by atoms with Gasteiger partial charge >= 0.3 is 5.97 Å². The Kier molecular flexibility index (Phi) is 5.14. The van der Waals surface area contributed by atoms with Crippen LogP contribution in [0.25, 0.3) is 0 Å². The molecule has 0 heterocycles. The number of aliphatic carboxylic acids is 1. The van der Waals surface area contributed by atoms with Gasteiger partial charge in [-0.15, -0.1) is 0 Å². The first-order chi connectivity index (χ1) is 8.40. The lowest BCUT2D eigenvalue weighted by atomic mass is 9.91. The first kappa shape index (κ1) is 15.0. The van der Waals surface area contributed by atoms with E-state index in [0.717, 1.165) is 32.1 Å². The van der Waals surface area contributed by atoms with Gasteiger partial charge in [-0.1, -0.05) is 33.1 Å². The molecule has 1 aliphatic rings. The number of carboxylic acids is 1. The highest BCUT2D eigenvalue weighted by atomic mass is 16.4. The van der Waals surface area contributed by atoms with Crippen molar-refractivity contribution in [3.63, 3.8) is 0 Å². The number of carboxylic acid groups (broad SMARTS) is 1. The number of carbonyl (C=O) groups is 2. The van der Waals surface area contributed by atoms with Crippen molar-refractivity contribution in [1.82, 2.24) is 5.32 Å². The number of hydrogen-bond donors (Lipinski definition) is 3. The summed E-state index contributed by atoms with van der Waals surface area (Å²) >= 11 is 0. The molecule has 0 aromatic heterocycles. The maximum Gasteiger partial charge on any atom is 0.305 e. The van der Waals surface area contributed by atoms with E-state index in [2.05, 4.69) is 5.32 Å². The zero-order valence-electron chi connectivity index (χ0n) is 11.2. The second-order valence-corrected chi connectivity index (χ2v) is 5.46. The fraction of sp³-hybridized carbons (Fsp3) is 0.846. The highest BCUT2D eigenvalue weighted by molar-refractivity contribution is 5.83. The predicted molar refractivity (Wildman–Crippen MR) is 69.0 cm³/mol. The maximum atomic E-state index is 12.1. The van der Waals surface area contributed by atoms with E-state index in [4.69, 9.17) is 10.8 Å². The first-order valence-electron chi connectivity index (χ1n) is 6.69. The highest BCUT2D eigenvalue weighted by Gasteiger charge is 2.38. The SMILES string of the molecule is CC[C@H](C)[C@H](N)C(=O)NC1(CC(=O)O)CCCC1. The Hall–Kier alpha value is -1.10. The van der Waals surface area contributed by atoms with Crippen LogP contribution in [0.15, 0.2) is 0 Å². The molecule has 0 aliphatic heterocycles. The smallest absolute Gasteiger partial charge is 0.305 e. The van der Waals surface area contributed by atoms with Crippen molar-refractivity contribution in [3.8, 4) is 0 Å². The normalized spacial score (nSPS) is 21.3. The summed E-state index contributed by atoms with van der Waals surface area (Å²) in [5.74, 6) is -0.977. The molecule has 1 saturated carbocycles. The average Bonchev–Trinajstić information content (AvgIpc) is 2.74. The Morgan fingerprint density at radius 1 is 1.39 bits per heavy atom. The summed E-state index contributed by atoms with van der Waals surface area (Å²) in [5, 5.41) is 11.9. The minimum Gasteiger partial charge on any atom is -0.481 e. The third-order valence-corrected chi connectivity index (χ3v) is 4.00. The van der Waals surface area contributed by atoms with Crippen LogP contribution in [-0.4, -0.2) is 28.6 Å². The van der Waals surface area contributed by atoms with E-state index in [1.54, 1.807) is 0 Å². The molecule has 0 aromatic rings. The Bertz CT molecular complexity index is 311. The quantitative estimate of drug-likeness (QED) is 0.667. The van der Waals surface area contributed by atoms with Gasteiger partial charge < -0.3 is 16.2 Å². The molecule has 104 valence electrons. The summed E-state index contributed by atoms with van der Waals surface area (Å²) in [6.07, 6.45) is 4.22. The van der Waals surface area contributed by atoms with Crippen molar-refractivity contribution < 1.29 is 14.7 Å². The molecule has 5 heteroatoms. The summed E-state index contributed by atoms with van der Waals surface area (Å²) in [5.41, 5.74) is 5.30. The van der Waals surface area contributed by atoms with Gasteiger partial charge in [0.1, 0.15) is 0 Å². The molecular formula is C13H24N2O3. The van der Waals surface area contributed by atoms with Crippen LogP contribution in [0.5, 0.6) is 0 Å². The number of carbonyl (C=O) groups excluding carboxylic acids is 1. The summed E-state index contributed by atoms with van der Waals surface area (Å²) in [6.45, 7) is 3.92. The third-order valence-electron chi connectivity index (χ3n) is 4.00.